The number of ether oxygens (including phenoxy) is 2. The van der Waals surface area contributed by atoms with Gasteiger partial charge in [-0.2, -0.15) is 0 Å². The van der Waals surface area contributed by atoms with Gasteiger partial charge in [-0.3, -0.25) is 4.79 Å². The second-order valence-electron chi connectivity index (χ2n) is 9.62. The molecule has 0 aliphatic heterocycles. The summed E-state index contributed by atoms with van der Waals surface area (Å²) in [6, 6.07) is 7.40. The van der Waals surface area contributed by atoms with Crippen molar-refractivity contribution in [1.82, 2.24) is 0 Å². The molecule has 0 saturated heterocycles. The van der Waals surface area contributed by atoms with Crippen LogP contribution in [-0.4, -0.2) is 19.2 Å². The van der Waals surface area contributed by atoms with E-state index in [-0.39, 0.29) is 24.8 Å². The number of nitrogens with two attached hydrogens (primary N) is 1. The van der Waals surface area contributed by atoms with Crippen LogP contribution in [0.25, 0.3) is 11.1 Å². The Kier molecular flexibility index (Phi) is 7.72. The lowest BCUT2D eigenvalue weighted by Crippen LogP contribution is -2.19. The van der Waals surface area contributed by atoms with Gasteiger partial charge in [0.1, 0.15) is 11.6 Å². The standard InChI is InChI=1S/C29H36FNO3/c1-4-6-7-12-34-26-16-21(19-8-9-19)13-18(3)28(26)22-14-23(20-10-11-20)29(30)24(15-22)25(31)17-27(32)33-5-2/h4,13-16,19-20,25H,1,5-12,17,31H2,2-3H3/t25-/m0/s1. The molecule has 0 radical (unpaired) electrons. The maximum atomic E-state index is 15.5. The number of halogens is 1. The number of carbonyl (C=O) groups is 1. The van der Waals surface area contributed by atoms with Crippen molar-refractivity contribution in [2.45, 2.75) is 76.7 Å². The average Bonchev–Trinajstić information content (AvgIpc) is 3.70. The van der Waals surface area contributed by atoms with Gasteiger partial charge in [-0.15, -0.1) is 6.58 Å². The lowest BCUT2D eigenvalue weighted by Gasteiger charge is -2.20. The van der Waals surface area contributed by atoms with E-state index in [4.69, 9.17) is 15.2 Å². The fourth-order valence-corrected chi connectivity index (χ4v) is 4.61. The largest absolute Gasteiger partial charge is 0.493 e. The molecule has 2 aliphatic rings. The Morgan fingerprint density at radius 1 is 1.21 bits per heavy atom. The Hall–Kier alpha value is -2.66. The lowest BCUT2D eigenvalue weighted by molar-refractivity contribution is -0.143. The molecule has 2 N–H and O–H groups in total. The minimum absolute atomic E-state index is 0.0527. The van der Waals surface area contributed by atoms with Crippen molar-refractivity contribution in [2.24, 2.45) is 5.73 Å². The summed E-state index contributed by atoms with van der Waals surface area (Å²) in [6.07, 6.45) is 7.99. The number of aryl methyl sites for hydroxylation is 1. The van der Waals surface area contributed by atoms with Crippen LogP contribution >= 0.6 is 0 Å². The summed E-state index contributed by atoms with van der Waals surface area (Å²) < 4.78 is 26.9. The molecule has 0 bridgehead atoms. The number of unbranched alkanes of at least 4 members (excludes halogenated alkanes) is 1. The number of hydrogen-bond donors (Lipinski definition) is 1. The first kappa shape index (κ1) is 24.5. The third-order valence-corrected chi connectivity index (χ3v) is 6.71. The summed E-state index contributed by atoms with van der Waals surface area (Å²) >= 11 is 0. The van der Waals surface area contributed by atoms with Gasteiger partial charge in [0, 0.05) is 17.2 Å². The molecule has 1 atom stereocenters. The number of benzene rings is 2. The van der Waals surface area contributed by atoms with Gasteiger partial charge >= 0.3 is 5.97 Å². The summed E-state index contributed by atoms with van der Waals surface area (Å²) in [5, 5.41) is 0. The average molecular weight is 466 g/mol. The minimum atomic E-state index is -0.764. The summed E-state index contributed by atoms with van der Waals surface area (Å²) in [5.74, 6) is 0.945. The van der Waals surface area contributed by atoms with E-state index in [1.165, 1.54) is 18.4 Å². The first-order chi connectivity index (χ1) is 16.4. The molecule has 2 aliphatic carbocycles. The maximum absolute atomic E-state index is 15.5. The molecule has 0 unspecified atom stereocenters. The van der Waals surface area contributed by atoms with Gasteiger partial charge in [0.25, 0.3) is 0 Å². The molecular formula is C29H36FNO3. The number of rotatable bonds is 12. The molecule has 2 fully saturated rings. The molecule has 2 aromatic carbocycles. The van der Waals surface area contributed by atoms with E-state index in [0.29, 0.717) is 23.7 Å². The van der Waals surface area contributed by atoms with Crippen molar-refractivity contribution in [3.63, 3.8) is 0 Å². The monoisotopic (exact) mass is 465 g/mol. The Morgan fingerprint density at radius 3 is 2.59 bits per heavy atom. The maximum Gasteiger partial charge on any atom is 0.307 e. The second kappa shape index (κ2) is 10.7. The Balaban J connectivity index is 1.75. The Morgan fingerprint density at radius 2 is 1.94 bits per heavy atom. The number of esters is 1. The Bertz CT molecular complexity index is 1060. The normalized spacial score (nSPS) is 16.2. The predicted molar refractivity (Wildman–Crippen MR) is 134 cm³/mol. The molecule has 2 aromatic rings. The van der Waals surface area contributed by atoms with Crippen molar-refractivity contribution in [3.8, 4) is 16.9 Å². The quantitative estimate of drug-likeness (QED) is 0.211. The van der Waals surface area contributed by atoms with E-state index in [9.17, 15) is 4.79 Å². The number of carbonyl (C=O) groups excluding carboxylic acids is 1. The van der Waals surface area contributed by atoms with Crippen molar-refractivity contribution < 1.29 is 18.7 Å². The number of hydrogen-bond acceptors (Lipinski definition) is 4. The zero-order valence-electron chi connectivity index (χ0n) is 20.4. The SMILES string of the molecule is C=CCCCOc1cc(C2CC2)cc(C)c1-c1cc(C2CC2)c(F)c([C@@H](N)CC(=O)OCC)c1. The van der Waals surface area contributed by atoms with E-state index in [0.717, 1.165) is 48.1 Å². The van der Waals surface area contributed by atoms with Crippen molar-refractivity contribution in [1.29, 1.82) is 0 Å². The van der Waals surface area contributed by atoms with Crippen molar-refractivity contribution in [2.75, 3.05) is 13.2 Å². The van der Waals surface area contributed by atoms with Gasteiger partial charge in [0.15, 0.2) is 0 Å². The summed E-state index contributed by atoms with van der Waals surface area (Å²) in [6.45, 7) is 8.51. The molecule has 0 aromatic heterocycles. The molecule has 4 rings (SSSR count). The highest BCUT2D eigenvalue weighted by molar-refractivity contribution is 5.77. The van der Waals surface area contributed by atoms with Gasteiger partial charge < -0.3 is 15.2 Å². The van der Waals surface area contributed by atoms with Crippen LogP contribution in [0, 0.1) is 12.7 Å². The van der Waals surface area contributed by atoms with Gasteiger partial charge in [0.2, 0.25) is 0 Å². The summed E-state index contributed by atoms with van der Waals surface area (Å²) in [7, 11) is 0. The van der Waals surface area contributed by atoms with Crippen LogP contribution < -0.4 is 10.5 Å². The smallest absolute Gasteiger partial charge is 0.307 e. The minimum Gasteiger partial charge on any atom is -0.493 e. The predicted octanol–water partition coefficient (Wildman–Crippen LogP) is 6.85. The zero-order chi connectivity index (χ0) is 24.2. The van der Waals surface area contributed by atoms with Crippen LogP contribution in [0.5, 0.6) is 5.75 Å². The highest BCUT2D eigenvalue weighted by Gasteiger charge is 2.31. The van der Waals surface area contributed by atoms with Gasteiger partial charge in [0.05, 0.1) is 19.6 Å². The fraction of sp³-hybridized carbons (Fsp3) is 0.483. The lowest BCUT2D eigenvalue weighted by atomic mass is 9.90. The molecule has 5 heteroatoms. The van der Waals surface area contributed by atoms with Crippen LogP contribution in [0.2, 0.25) is 0 Å². The molecule has 2 saturated carbocycles. The zero-order valence-corrected chi connectivity index (χ0v) is 20.4. The first-order valence-corrected chi connectivity index (χ1v) is 12.6. The molecule has 0 heterocycles. The van der Waals surface area contributed by atoms with E-state index in [1.54, 1.807) is 13.0 Å². The van der Waals surface area contributed by atoms with E-state index < -0.39 is 12.0 Å². The highest BCUT2D eigenvalue weighted by Crippen LogP contribution is 2.47. The molecule has 4 nitrogen and oxygen atoms in total. The molecule has 0 spiro atoms. The summed E-state index contributed by atoms with van der Waals surface area (Å²) in [4.78, 5) is 12.1. The van der Waals surface area contributed by atoms with Crippen LogP contribution in [0.15, 0.2) is 36.9 Å². The van der Waals surface area contributed by atoms with Crippen LogP contribution in [0.1, 0.15) is 92.0 Å². The topological polar surface area (TPSA) is 61.5 Å². The third kappa shape index (κ3) is 5.69. The van der Waals surface area contributed by atoms with E-state index in [2.05, 4.69) is 25.6 Å². The van der Waals surface area contributed by atoms with Crippen LogP contribution in [0.4, 0.5) is 4.39 Å². The fourth-order valence-electron chi connectivity index (χ4n) is 4.61. The van der Waals surface area contributed by atoms with Gasteiger partial charge in [-0.05, 0) is 105 Å². The second-order valence-corrected chi connectivity index (χ2v) is 9.62. The van der Waals surface area contributed by atoms with Crippen molar-refractivity contribution in [3.05, 3.63) is 65.0 Å². The molecule has 182 valence electrons. The first-order valence-electron chi connectivity index (χ1n) is 12.6. The van der Waals surface area contributed by atoms with Crippen LogP contribution in [0.3, 0.4) is 0 Å². The van der Waals surface area contributed by atoms with Crippen LogP contribution in [-0.2, 0) is 9.53 Å². The Labute approximate surface area is 202 Å². The third-order valence-electron chi connectivity index (χ3n) is 6.71. The highest BCUT2D eigenvalue weighted by atomic mass is 19.1. The van der Waals surface area contributed by atoms with Gasteiger partial charge in [-0.1, -0.05) is 12.1 Å². The molecule has 0 amide bonds. The van der Waals surface area contributed by atoms with E-state index >= 15 is 4.39 Å². The van der Waals surface area contributed by atoms with E-state index in [1.807, 2.05) is 12.1 Å². The molecule has 34 heavy (non-hydrogen) atoms. The number of allylic oxidation sites excluding steroid dienone is 1. The van der Waals surface area contributed by atoms with Crippen molar-refractivity contribution >= 4 is 5.97 Å². The summed E-state index contributed by atoms with van der Waals surface area (Å²) in [5.41, 5.74) is 11.7. The van der Waals surface area contributed by atoms with Gasteiger partial charge in [-0.25, -0.2) is 4.39 Å². The molecular weight excluding hydrogens is 429 g/mol.